The van der Waals surface area contributed by atoms with Crippen molar-refractivity contribution in [3.8, 4) is 5.75 Å². The Morgan fingerprint density at radius 3 is 2.46 bits per heavy atom. The Morgan fingerprint density at radius 2 is 1.79 bits per heavy atom. The predicted molar refractivity (Wildman–Crippen MR) is 104 cm³/mol. The molecule has 0 saturated carbocycles. The van der Waals surface area contributed by atoms with Crippen LogP contribution in [0.4, 0.5) is 0 Å². The largest absolute Gasteiger partial charge is 0.491 e. The van der Waals surface area contributed by atoms with E-state index < -0.39 is 5.97 Å². The van der Waals surface area contributed by atoms with Crippen LogP contribution in [0, 0.1) is 0 Å². The van der Waals surface area contributed by atoms with Gasteiger partial charge in [0.15, 0.2) is 0 Å². The van der Waals surface area contributed by atoms with E-state index >= 15 is 0 Å². The number of carbonyl (C=O) groups is 1. The molecule has 0 bridgehead atoms. The minimum atomic E-state index is -0.625. The average molecular weight is 393 g/mol. The van der Waals surface area contributed by atoms with Crippen LogP contribution in [-0.2, 0) is 20.8 Å². The number of pyridine rings is 1. The van der Waals surface area contributed by atoms with E-state index in [9.17, 15) is 9.59 Å². The number of esters is 1. The number of carbonyl (C=O) groups excluding carboxylic acids is 1. The zero-order valence-electron chi connectivity index (χ0n) is 16.3. The molecule has 1 aromatic heterocycles. The zero-order valence-corrected chi connectivity index (χ0v) is 16.3. The number of benzene rings is 1. The highest BCUT2D eigenvalue weighted by Gasteiger charge is 2.16. The van der Waals surface area contributed by atoms with Crippen LogP contribution in [0.5, 0.6) is 5.75 Å². The Bertz CT molecular complexity index is 831. The smallest absolute Gasteiger partial charge is 0.343 e. The molecule has 0 radical (unpaired) electrons. The van der Waals surface area contributed by atoms with Crippen LogP contribution < -0.4 is 10.2 Å². The van der Waals surface area contributed by atoms with Crippen LogP contribution in [0.25, 0.3) is 10.9 Å². The van der Waals surface area contributed by atoms with Crippen LogP contribution in [-0.4, -0.2) is 61.9 Å². The Balaban J connectivity index is 2.07. The number of hydrogen-bond acceptors (Lipinski definition) is 7. The molecule has 0 atom stereocenters. The lowest BCUT2D eigenvalue weighted by Gasteiger charge is -2.13. The van der Waals surface area contributed by atoms with E-state index in [1.54, 1.807) is 25.1 Å². The molecule has 28 heavy (non-hydrogen) atoms. The van der Waals surface area contributed by atoms with Crippen LogP contribution in [0.3, 0.4) is 0 Å². The molecule has 2 rings (SSSR count). The number of fused-ring (bicyclic) bond motifs is 1. The molecule has 0 aliphatic rings. The van der Waals surface area contributed by atoms with Gasteiger partial charge in [0.1, 0.15) is 17.9 Å². The lowest BCUT2D eigenvalue weighted by atomic mass is 10.1. The quantitative estimate of drug-likeness (QED) is 0.432. The van der Waals surface area contributed by atoms with Crippen molar-refractivity contribution in [1.29, 1.82) is 0 Å². The summed E-state index contributed by atoms with van der Waals surface area (Å²) in [5.41, 5.74) is 0.366. The third kappa shape index (κ3) is 5.79. The average Bonchev–Trinajstić information content (AvgIpc) is 2.70. The summed E-state index contributed by atoms with van der Waals surface area (Å²) in [7, 11) is 0. The first-order valence-corrected chi connectivity index (χ1v) is 9.35. The Labute approximate surface area is 163 Å². The highest BCUT2D eigenvalue weighted by molar-refractivity contribution is 5.94. The van der Waals surface area contributed by atoms with Crippen molar-refractivity contribution in [3.63, 3.8) is 0 Å². The molecule has 0 amide bonds. The third-order valence-corrected chi connectivity index (χ3v) is 3.99. The summed E-state index contributed by atoms with van der Waals surface area (Å²) in [5.74, 6) is -0.104. The Morgan fingerprint density at radius 1 is 1.07 bits per heavy atom. The Hall–Kier alpha value is -2.42. The lowest BCUT2D eigenvalue weighted by molar-refractivity contribution is 0.0247. The fourth-order valence-electron chi connectivity index (χ4n) is 2.69. The van der Waals surface area contributed by atoms with E-state index in [0.29, 0.717) is 50.7 Å². The molecule has 0 aliphatic carbocycles. The highest BCUT2D eigenvalue weighted by atomic mass is 16.5. The topological polar surface area (TPSA) is 96.2 Å². The van der Waals surface area contributed by atoms with Gasteiger partial charge in [-0.15, -0.1) is 0 Å². The molecule has 8 nitrogen and oxygen atoms in total. The van der Waals surface area contributed by atoms with Crippen molar-refractivity contribution in [2.45, 2.75) is 20.4 Å². The second-order valence-corrected chi connectivity index (χ2v) is 5.85. The van der Waals surface area contributed by atoms with Crippen molar-refractivity contribution >= 4 is 16.9 Å². The number of rotatable bonds is 12. The number of aliphatic hydroxyl groups excluding tert-OH is 1. The number of aliphatic hydroxyl groups is 1. The van der Waals surface area contributed by atoms with Crippen molar-refractivity contribution in [2.24, 2.45) is 0 Å². The monoisotopic (exact) mass is 393 g/mol. The van der Waals surface area contributed by atoms with Gasteiger partial charge in [0.25, 0.3) is 0 Å². The van der Waals surface area contributed by atoms with Crippen molar-refractivity contribution < 1.29 is 28.8 Å². The standard InChI is InChI=1S/C20H27NO7/c1-3-21-14-17(20(24)27-4-2)19(23)16-13-15(5-6-18(16)21)28-12-11-26-10-9-25-8-7-22/h5-6,13-14,22H,3-4,7-12H2,1-2H3. The van der Waals surface area contributed by atoms with E-state index in [1.165, 1.54) is 6.20 Å². The molecule has 1 heterocycles. The minimum absolute atomic E-state index is 0.0112. The molecule has 0 aliphatic heterocycles. The number of aryl methyl sites for hydroxylation is 1. The third-order valence-electron chi connectivity index (χ3n) is 3.99. The van der Waals surface area contributed by atoms with Gasteiger partial charge in [0.2, 0.25) is 5.43 Å². The van der Waals surface area contributed by atoms with E-state index in [2.05, 4.69) is 0 Å². The molecule has 0 unspecified atom stereocenters. The number of hydrogen-bond donors (Lipinski definition) is 1. The van der Waals surface area contributed by atoms with Crippen LogP contribution >= 0.6 is 0 Å². The molecule has 1 N–H and O–H groups in total. The van der Waals surface area contributed by atoms with Gasteiger partial charge in [-0.2, -0.15) is 0 Å². The summed E-state index contributed by atoms with van der Waals surface area (Å²) < 4.78 is 22.9. The summed E-state index contributed by atoms with van der Waals surface area (Å²) >= 11 is 0. The maximum atomic E-state index is 12.7. The van der Waals surface area contributed by atoms with E-state index in [0.717, 1.165) is 5.52 Å². The molecule has 8 heteroatoms. The number of ether oxygens (including phenoxy) is 4. The van der Waals surface area contributed by atoms with Crippen molar-refractivity contribution in [1.82, 2.24) is 4.57 Å². The van der Waals surface area contributed by atoms with Gasteiger partial charge in [-0.1, -0.05) is 0 Å². The highest BCUT2D eigenvalue weighted by Crippen LogP contribution is 2.20. The van der Waals surface area contributed by atoms with Crippen LogP contribution in [0.2, 0.25) is 0 Å². The van der Waals surface area contributed by atoms with Gasteiger partial charge in [-0.25, -0.2) is 4.79 Å². The minimum Gasteiger partial charge on any atom is -0.491 e. The van der Waals surface area contributed by atoms with Gasteiger partial charge < -0.3 is 28.6 Å². The zero-order chi connectivity index (χ0) is 20.4. The second kappa shape index (κ2) is 11.4. The molecule has 2 aromatic rings. The summed E-state index contributed by atoms with van der Waals surface area (Å²) in [5, 5.41) is 9.01. The van der Waals surface area contributed by atoms with E-state index in [1.807, 2.05) is 11.5 Å². The maximum absolute atomic E-state index is 12.7. The summed E-state index contributed by atoms with van der Waals surface area (Å²) in [4.78, 5) is 24.8. The first kappa shape index (κ1) is 21.9. The molecule has 0 spiro atoms. The summed E-state index contributed by atoms with van der Waals surface area (Å²) in [6, 6.07) is 5.22. The van der Waals surface area contributed by atoms with Crippen molar-refractivity contribution in [2.75, 3.05) is 46.2 Å². The maximum Gasteiger partial charge on any atom is 0.343 e. The molecule has 154 valence electrons. The Kier molecular flexibility index (Phi) is 8.93. The normalized spacial score (nSPS) is 11.0. The summed E-state index contributed by atoms with van der Waals surface area (Å²) in [6.45, 7) is 6.21. The van der Waals surface area contributed by atoms with Gasteiger partial charge in [-0.3, -0.25) is 4.79 Å². The molecular weight excluding hydrogens is 366 g/mol. The molecule has 1 aromatic carbocycles. The lowest BCUT2D eigenvalue weighted by Crippen LogP contribution is -2.21. The number of aromatic nitrogens is 1. The van der Waals surface area contributed by atoms with Gasteiger partial charge in [0.05, 0.1) is 50.5 Å². The molecular formula is C20H27NO7. The SMILES string of the molecule is CCOC(=O)c1cn(CC)c2ccc(OCCOCCOCCO)cc2c1=O. The summed E-state index contributed by atoms with van der Waals surface area (Å²) in [6.07, 6.45) is 1.54. The van der Waals surface area contributed by atoms with E-state index in [4.69, 9.17) is 24.1 Å². The van der Waals surface area contributed by atoms with Crippen LogP contribution in [0.15, 0.2) is 29.2 Å². The van der Waals surface area contributed by atoms with E-state index in [-0.39, 0.29) is 24.2 Å². The number of nitrogens with zero attached hydrogens (tertiary/aromatic N) is 1. The van der Waals surface area contributed by atoms with Gasteiger partial charge in [-0.05, 0) is 32.0 Å². The first-order chi connectivity index (χ1) is 13.6. The van der Waals surface area contributed by atoms with Gasteiger partial charge in [0, 0.05) is 12.7 Å². The fourth-order valence-corrected chi connectivity index (χ4v) is 2.69. The van der Waals surface area contributed by atoms with Crippen LogP contribution in [0.1, 0.15) is 24.2 Å². The first-order valence-electron chi connectivity index (χ1n) is 9.35. The van der Waals surface area contributed by atoms with Crippen molar-refractivity contribution in [3.05, 3.63) is 40.2 Å². The fraction of sp³-hybridized carbons (Fsp3) is 0.500. The predicted octanol–water partition coefficient (Wildman–Crippen LogP) is 1.60. The molecule has 0 saturated heterocycles. The molecule has 0 fully saturated rings. The second-order valence-electron chi connectivity index (χ2n) is 5.85. The van der Waals surface area contributed by atoms with Gasteiger partial charge >= 0.3 is 5.97 Å².